The first-order chi connectivity index (χ1) is 13.1. The molecule has 148 valence electrons. The molecule has 0 spiro atoms. The van der Waals surface area contributed by atoms with E-state index in [0.29, 0.717) is 0 Å². The average molecular weight is 412 g/mol. The monoisotopic (exact) mass is 411 g/mol. The number of aliphatic hydroxyl groups is 1. The van der Waals surface area contributed by atoms with E-state index in [2.05, 4.69) is 31.3 Å². The van der Waals surface area contributed by atoms with E-state index < -0.39 is 0 Å². The number of carbonyl (C=O) groups is 2. The standard InChI is InChI=1S/C16H17NO.CH3NO.CH4N.CH2N.CH2O.K/c1-12-9-14(7-8-16(12)17)6-5-13-3-2-4-15(10-13)11-18;2-1-3;3*1-2;/h2-10,18H,11,17H2,1H3;1H,(H2,2,3);1-2H2;1-2H;1H2;/q;;2*-1;;+1/b6-5+;;;;;. The van der Waals surface area contributed by atoms with E-state index >= 15 is 0 Å². The molecule has 8 heteroatoms. The molecule has 0 bridgehead atoms. The maximum absolute atomic E-state index is 9.08. The zero-order valence-corrected chi connectivity index (χ0v) is 19.6. The molecule has 0 aromatic heterocycles. The van der Waals surface area contributed by atoms with Gasteiger partial charge >= 0.3 is 51.4 Å². The number of nitrogens with two attached hydrogens (primary N) is 3. The van der Waals surface area contributed by atoms with Gasteiger partial charge in [0.2, 0.25) is 6.41 Å². The van der Waals surface area contributed by atoms with Crippen LogP contribution >= 0.6 is 0 Å². The van der Waals surface area contributed by atoms with Crippen LogP contribution in [0.2, 0.25) is 0 Å². The molecule has 0 saturated carbocycles. The topological polar surface area (TPSA) is 156 Å². The van der Waals surface area contributed by atoms with Crippen molar-refractivity contribution < 1.29 is 66.1 Å². The number of benzene rings is 2. The van der Waals surface area contributed by atoms with Gasteiger partial charge < -0.3 is 39.2 Å². The number of hydrogen-bond donors (Lipinski definition) is 5. The Morgan fingerprint density at radius 2 is 1.57 bits per heavy atom. The van der Waals surface area contributed by atoms with Crippen LogP contribution in [-0.2, 0) is 16.2 Å². The summed E-state index contributed by atoms with van der Waals surface area (Å²) in [5.41, 5.74) is 19.2. The first-order valence-electron chi connectivity index (χ1n) is 7.48. The normalized spacial score (nSPS) is 8.00. The Morgan fingerprint density at radius 1 is 1.11 bits per heavy atom. The molecule has 2 rings (SSSR count). The van der Waals surface area contributed by atoms with Crippen LogP contribution in [0.1, 0.15) is 22.3 Å². The Balaban J connectivity index is -0.000000251. The third-order valence-electron chi connectivity index (χ3n) is 2.90. The number of nitrogens with one attached hydrogen (secondary N) is 1. The smallest absolute Gasteiger partial charge is 0.522 e. The molecule has 28 heavy (non-hydrogen) atoms. The summed E-state index contributed by atoms with van der Waals surface area (Å²) in [6.07, 6.45) is 4.33. The molecule has 1 amide bonds. The second kappa shape index (κ2) is 25.3. The third kappa shape index (κ3) is 16.5. The molecule has 0 saturated heterocycles. The SMILES string of the molecule is C=O.Cc1cc(/C=C/c2cccc(CO)c2)ccc1N.NC=O.[CH-]=N.[CH2-]N.[K+]. The Kier molecular flexibility index (Phi) is 30.7. The second-order valence-corrected chi connectivity index (χ2v) is 4.49. The summed E-state index contributed by atoms with van der Waals surface area (Å²) in [4.78, 5) is 16.6. The van der Waals surface area contributed by atoms with E-state index in [1.807, 2.05) is 62.3 Å². The number of aliphatic hydroxyl groups excluding tert-OH is 1. The Labute approximate surface area is 209 Å². The minimum atomic E-state index is 0. The molecule has 2 aromatic carbocycles. The Bertz CT molecular complexity index is 666. The van der Waals surface area contributed by atoms with Gasteiger partial charge in [0, 0.05) is 5.69 Å². The van der Waals surface area contributed by atoms with Crippen LogP contribution in [0.5, 0.6) is 0 Å². The van der Waals surface area contributed by atoms with Gasteiger partial charge in [0.05, 0.1) is 6.61 Å². The summed E-state index contributed by atoms with van der Waals surface area (Å²) in [5.74, 6) is 0. The van der Waals surface area contributed by atoms with Gasteiger partial charge in [-0.1, -0.05) is 36.4 Å². The Morgan fingerprint density at radius 3 is 2.00 bits per heavy atom. The van der Waals surface area contributed by atoms with Crippen molar-refractivity contribution in [3.8, 4) is 0 Å². The van der Waals surface area contributed by atoms with E-state index in [1.54, 1.807) is 0 Å². The fraction of sp³-hybridized carbons (Fsp3) is 0.100. The molecule has 8 N–H and O–H groups in total. The van der Waals surface area contributed by atoms with E-state index in [1.165, 1.54) is 0 Å². The third-order valence-corrected chi connectivity index (χ3v) is 2.90. The number of anilines is 1. The average Bonchev–Trinajstić information content (AvgIpc) is 2.74. The van der Waals surface area contributed by atoms with Crippen molar-refractivity contribution in [2.24, 2.45) is 11.5 Å². The van der Waals surface area contributed by atoms with Crippen LogP contribution in [0.3, 0.4) is 0 Å². The summed E-state index contributed by atoms with van der Waals surface area (Å²) in [7, 11) is 2.75. The van der Waals surface area contributed by atoms with Gasteiger partial charge in [0.25, 0.3) is 0 Å². The molecule has 0 atom stereocenters. The largest absolute Gasteiger partial charge is 1.00 e. The first-order valence-corrected chi connectivity index (χ1v) is 7.48. The van der Waals surface area contributed by atoms with Crippen molar-refractivity contribution in [2.75, 3.05) is 5.73 Å². The first kappa shape index (κ1) is 33.9. The second-order valence-electron chi connectivity index (χ2n) is 4.49. The summed E-state index contributed by atoms with van der Waals surface area (Å²) >= 11 is 0. The molecule has 0 aliphatic heterocycles. The van der Waals surface area contributed by atoms with E-state index in [0.717, 1.165) is 27.9 Å². The van der Waals surface area contributed by atoms with E-state index in [-0.39, 0.29) is 64.4 Å². The van der Waals surface area contributed by atoms with Crippen molar-refractivity contribution in [3.63, 3.8) is 0 Å². The van der Waals surface area contributed by atoms with Gasteiger partial charge in [0.1, 0.15) is 6.79 Å². The molecule has 7 nitrogen and oxygen atoms in total. The van der Waals surface area contributed by atoms with Crippen LogP contribution in [0.4, 0.5) is 5.69 Å². The molecule has 2 aromatic rings. The Hall–Kier alpha value is -1.65. The zero-order valence-electron chi connectivity index (χ0n) is 16.5. The van der Waals surface area contributed by atoms with Crippen LogP contribution in [0.15, 0.2) is 42.5 Å². The minimum absolute atomic E-state index is 0. The van der Waals surface area contributed by atoms with Crippen LogP contribution < -0.4 is 68.6 Å². The molecule has 0 aliphatic carbocycles. The number of amides is 1. The van der Waals surface area contributed by atoms with Gasteiger partial charge in [-0.25, -0.2) is 0 Å². The van der Waals surface area contributed by atoms with Crippen LogP contribution in [0, 0.1) is 19.4 Å². The summed E-state index contributed by atoms with van der Waals surface area (Å²) in [6, 6.07) is 13.8. The molecule has 0 heterocycles. The summed E-state index contributed by atoms with van der Waals surface area (Å²) in [5, 5.41) is 14.3. The maximum Gasteiger partial charge on any atom is 1.00 e. The quantitative estimate of drug-likeness (QED) is 0.110. The fourth-order valence-electron chi connectivity index (χ4n) is 1.79. The van der Waals surface area contributed by atoms with E-state index in [4.69, 9.17) is 25.8 Å². The maximum atomic E-state index is 9.08. The molecular formula is C20H28KN4O3-. The predicted molar refractivity (Wildman–Crippen MR) is 113 cm³/mol. The number of aryl methyl sites for hydroxylation is 1. The summed E-state index contributed by atoms with van der Waals surface area (Å²) < 4.78 is 0. The number of rotatable bonds is 3. The molecule has 0 radical (unpaired) electrons. The summed E-state index contributed by atoms with van der Waals surface area (Å²) in [6.45, 7) is 7.82. The molecular weight excluding hydrogens is 383 g/mol. The van der Waals surface area contributed by atoms with Crippen LogP contribution in [-0.4, -0.2) is 25.0 Å². The number of nitrogen functional groups attached to an aromatic ring is 1. The van der Waals surface area contributed by atoms with Crippen molar-refractivity contribution >= 4 is 37.8 Å². The van der Waals surface area contributed by atoms with Crippen molar-refractivity contribution in [3.05, 3.63) is 71.8 Å². The minimum Gasteiger partial charge on any atom is -0.522 e. The molecule has 0 aliphatic rings. The van der Waals surface area contributed by atoms with Gasteiger partial charge in [0.15, 0.2) is 0 Å². The number of hydrogen-bond acceptors (Lipinski definition) is 6. The number of primary amides is 1. The van der Waals surface area contributed by atoms with Gasteiger partial charge in [-0.2, -0.15) is 0 Å². The zero-order chi connectivity index (χ0) is 21.7. The fourth-order valence-corrected chi connectivity index (χ4v) is 1.79. The predicted octanol–water partition coefficient (Wildman–Crippen LogP) is -0.960. The molecule has 0 unspecified atom stereocenters. The number of carbonyl (C=O) groups excluding carboxylic acids is 2. The van der Waals surface area contributed by atoms with Crippen molar-refractivity contribution in [2.45, 2.75) is 13.5 Å². The van der Waals surface area contributed by atoms with Crippen LogP contribution in [0.25, 0.3) is 12.2 Å². The van der Waals surface area contributed by atoms with Gasteiger partial charge in [-0.15, -0.1) is 0 Å². The van der Waals surface area contributed by atoms with Gasteiger partial charge in [-0.05, 0) is 47.4 Å². The van der Waals surface area contributed by atoms with Gasteiger partial charge in [-0.3, -0.25) is 11.8 Å². The van der Waals surface area contributed by atoms with Crippen molar-refractivity contribution in [1.82, 2.24) is 0 Å². The van der Waals surface area contributed by atoms with E-state index in [9.17, 15) is 0 Å². The molecule has 0 fully saturated rings. The van der Waals surface area contributed by atoms with Crippen molar-refractivity contribution in [1.29, 1.82) is 5.41 Å².